The van der Waals surface area contributed by atoms with E-state index in [-0.39, 0.29) is 15.8 Å². The van der Waals surface area contributed by atoms with Gasteiger partial charge in [0.25, 0.3) is 5.91 Å². The minimum absolute atomic E-state index is 0.0787. The predicted molar refractivity (Wildman–Crippen MR) is 94.1 cm³/mol. The summed E-state index contributed by atoms with van der Waals surface area (Å²) in [7, 11) is 0. The van der Waals surface area contributed by atoms with Gasteiger partial charge in [-0.15, -0.1) is 0 Å². The van der Waals surface area contributed by atoms with E-state index >= 15 is 0 Å². The van der Waals surface area contributed by atoms with Crippen LogP contribution in [0.5, 0.6) is 0 Å². The Balaban J connectivity index is 1.99. The Morgan fingerprint density at radius 3 is 2.32 bits per heavy atom. The summed E-state index contributed by atoms with van der Waals surface area (Å²) in [4.78, 5) is 35.4. The summed E-state index contributed by atoms with van der Waals surface area (Å²) < 4.78 is 18.4. The summed E-state index contributed by atoms with van der Waals surface area (Å²) >= 11 is 3.08. The topological polar surface area (TPSA) is 72.5 Å². The molecule has 0 radical (unpaired) electrons. The molecule has 1 amide bonds. The second kappa shape index (κ2) is 8.02. The normalized spacial score (nSPS) is 11.5. The lowest BCUT2D eigenvalue weighted by Gasteiger charge is -2.14. The molecule has 0 aliphatic heterocycles. The fourth-order valence-corrected chi connectivity index (χ4v) is 2.48. The van der Waals surface area contributed by atoms with Crippen LogP contribution in [-0.2, 0) is 9.53 Å². The molecule has 2 rings (SSSR count). The molecule has 0 unspecified atom stereocenters. The van der Waals surface area contributed by atoms with Crippen LogP contribution >= 0.6 is 15.9 Å². The van der Waals surface area contributed by atoms with Crippen molar-refractivity contribution < 1.29 is 23.5 Å². The number of Topliss-reactive ketones (excluding diaryl/α,β-unsaturated/α-hetero) is 1. The first-order valence-corrected chi connectivity index (χ1v) is 8.15. The second-order valence-corrected chi connectivity index (χ2v) is 6.15. The molecule has 0 aliphatic rings. The number of hydrogen-bond acceptors (Lipinski definition) is 4. The standard InChI is InChI=1S/C18H15BrFNO4/c1-10(22)12-3-6-14(7-4-12)21-17(23)11(2)25-18(24)15-8-5-13(20)9-16(15)19/h3-9,11H,1-2H3,(H,21,23)/t11-/m1/s1. The van der Waals surface area contributed by atoms with Gasteiger partial charge in [-0.2, -0.15) is 0 Å². The molecule has 0 bridgehead atoms. The average molecular weight is 408 g/mol. The van der Waals surface area contributed by atoms with Crippen LogP contribution in [0.4, 0.5) is 10.1 Å². The van der Waals surface area contributed by atoms with Gasteiger partial charge in [-0.25, -0.2) is 9.18 Å². The minimum atomic E-state index is -1.06. The fraction of sp³-hybridized carbons (Fsp3) is 0.167. The quantitative estimate of drug-likeness (QED) is 0.600. The van der Waals surface area contributed by atoms with E-state index in [1.54, 1.807) is 24.3 Å². The molecule has 0 heterocycles. The van der Waals surface area contributed by atoms with Crippen molar-refractivity contribution in [3.05, 3.63) is 63.9 Å². The first-order valence-electron chi connectivity index (χ1n) is 7.36. The first kappa shape index (κ1) is 18.8. The summed E-state index contributed by atoms with van der Waals surface area (Å²) in [6.07, 6.45) is -1.06. The van der Waals surface area contributed by atoms with E-state index in [1.807, 2.05) is 0 Å². The maximum absolute atomic E-state index is 13.1. The third-order valence-electron chi connectivity index (χ3n) is 3.36. The molecule has 0 spiro atoms. The number of nitrogens with one attached hydrogen (secondary N) is 1. The van der Waals surface area contributed by atoms with Gasteiger partial charge in [0.1, 0.15) is 5.82 Å². The average Bonchev–Trinajstić information content (AvgIpc) is 2.55. The first-order chi connectivity index (χ1) is 11.8. The van der Waals surface area contributed by atoms with E-state index in [9.17, 15) is 18.8 Å². The number of amides is 1. The Hall–Kier alpha value is -2.54. The van der Waals surface area contributed by atoms with Crippen molar-refractivity contribution in [1.82, 2.24) is 0 Å². The van der Waals surface area contributed by atoms with Gasteiger partial charge < -0.3 is 10.1 Å². The predicted octanol–water partition coefficient (Wildman–Crippen LogP) is 3.97. The molecule has 0 aromatic heterocycles. The van der Waals surface area contributed by atoms with Crippen LogP contribution in [0.15, 0.2) is 46.9 Å². The van der Waals surface area contributed by atoms with Crippen LogP contribution < -0.4 is 5.32 Å². The van der Waals surface area contributed by atoms with Gasteiger partial charge in [0.15, 0.2) is 11.9 Å². The number of esters is 1. The van der Waals surface area contributed by atoms with Crippen molar-refractivity contribution in [2.24, 2.45) is 0 Å². The van der Waals surface area contributed by atoms with Gasteiger partial charge in [0.2, 0.25) is 0 Å². The number of carbonyl (C=O) groups excluding carboxylic acids is 3. The van der Waals surface area contributed by atoms with Crippen LogP contribution in [-0.4, -0.2) is 23.8 Å². The molecule has 130 valence electrons. The number of halogens is 2. The maximum Gasteiger partial charge on any atom is 0.340 e. The second-order valence-electron chi connectivity index (χ2n) is 5.29. The third kappa shape index (κ3) is 4.96. The number of ether oxygens (including phenoxy) is 1. The van der Waals surface area contributed by atoms with Crippen molar-refractivity contribution in [1.29, 1.82) is 0 Å². The van der Waals surface area contributed by atoms with Crippen molar-refractivity contribution in [3.63, 3.8) is 0 Å². The number of ketones is 1. The minimum Gasteiger partial charge on any atom is -0.449 e. The molecule has 0 saturated heterocycles. The van der Waals surface area contributed by atoms with Crippen LogP contribution in [0.2, 0.25) is 0 Å². The highest BCUT2D eigenvalue weighted by atomic mass is 79.9. The van der Waals surface area contributed by atoms with Gasteiger partial charge in [0, 0.05) is 15.7 Å². The van der Waals surface area contributed by atoms with Crippen LogP contribution in [0.25, 0.3) is 0 Å². The zero-order chi connectivity index (χ0) is 18.6. The number of anilines is 1. The summed E-state index contributed by atoms with van der Waals surface area (Å²) in [5.74, 6) is -1.85. The highest BCUT2D eigenvalue weighted by molar-refractivity contribution is 9.10. The lowest BCUT2D eigenvalue weighted by Crippen LogP contribution is -2.30. The fourth-order valence-electron chi connectivity index (χ4n) is 1.96. The lowest BCUT2D eigenvalue weighted by molar-refractivity contribution is -0.123. The van der Waals surface area contributed by atoms with Crippen LogP contribution in [0.3, 0.4) is 0 Å². The number of carbonyl (C=O) groups is 3. The van der Waals surface area contributed by atoms with Crippen molar-refractivity contribution >= 4 is 39.3 Å². The Kier molecular flexibility index (Phi) is 6.03. The zero-order valence-corrected chi connectivity index (χ0v) is 15.1. The maximum atomic E-state index is 13.1. The molecule has 2 aromatic rings. The van der Waals surface area contributed by atoms with E-state index in [0.29, 0.717) is 11.3 Å². The van der Waals surface area contributed by atoms with E-state index in [4.69, 9.17) is 4.74 Å². The van der Waals surface area contributed by atoms with Crippen LogP contribution in [0, 0.1) is 5.82 Å². The molecular weight excluding hydrogens is 393 g/mol. The third-order valence-corrected chi connectivity index (χ3v) is 4.02. The summed E-state index contributed by atoms with van der Waals surface area (Å²) in [5, 5.41) is 2.59. The molecule has 7 heteroatoms. The van der Waals surface area contributed by atoms with E-state index < -0.39 is 23.8 Å². The van der Waals surface area contributed by atoms with E-state index in [1.165, 1.54) is 19.9 Å². The smallest absolute Gasteiger partial charge is 0.340 e. The number of benzene rings is 2. The van der Waals surface area contributed by atoms with Gasteiger partial charge in [-0.3, -0.25) is 9.59 Å². The van der Waals surface area contributed by atoms with Crippen LogP contribution in [0.1, 0.15) is 34.6 Å². The van der Waals surface area contributed by atoms with Crippen molar-refractivity contribution in [2.75, 3.05) is 5.32 Å². The number of hydrogen-bond donors (Lipinski definition) is 1. The van der Waals surface area contributed by atoms with Gasteiger partial charge in [-0.05, 0) is 72.2 Å². The molecule has 0 saturated carbocycles. The lowest BCUT2D eigenvalue weighted by atomic mass is 10.1. The highest BCUT2D eigenvalue weighted by Gasteiger charge is 2.20. The molecule has 25 heavy (non-hydrogen) atoms. The van der Waals surface area contributed by atoms with Crippen molar-refractivity contribution in [2.45, 2.75) is 20.0 Å². The molecule has 0 fully saturated rings. The van der Waals surface area contributed by atoms with E-state index in [0.717, 1.165) is 12.1 Å². The summed E-state index contributed by atoms with van der Waals surface area (Å²) in [5.41, 5.74) is 1.12. The highest BCUT2D eigenvalue weighted by Crippen LogP contribution is 2.19. The molecule has 1 N–H and O–H groups in total. The Bertz CT molecular complexity index is 820. The van der Waals surface area contributed by atoms with Gasteiger partial charge in [-0.1, -0.05) is 0 Å². The molecular formula is C18H15BrFNO4. The molecule has 5 nitrogen and oxygen atoms in total. The molecule has 2 aromatic carbocycles. The Labute approximate surface area is 152 Å². The van der Waals surface area contributed by atoms with E-state index in [2.05, 4.69) is 21.2 Å². The van der Waals surface area contributed by atoms with Crippen molar-refractivity contribution in [3.8, 4) is 0 Å². The number of rotatable bonds is 5. The molecule has 0 aliphatic carbocycles. The summed E-state index contributed by atoms with van der Waals surface area (Å²) in [6.45, 7) is 2.87. The Morgan fingerprint density at radius 1 is 1.12 bits per heavy atom. The van der Waals surface area contributed by atoms with Gasteiger partial charge >= 0.3 is 5.97 Å². The largest absolute Gasteiger partial charge is 0.449 e. The van der Waals surface area contributed by atoms with Gasteiger partial charge in [0.05, 0.1) is 5.56 Å². The zero-order valence-electron chi connectivity index (χ0n) is 13.5. The molecule has 1 atom stereocenters. The SMILES string of the molecule is CC(=O)c1ccc(NC(=O)[C@@H](C)OC(=O)c2ccc(F)cc2Br)cc1. The Morgan fingerprint density at radius 2 is 1.76 bits per heavy atom. The monoisotopic (exact) mass is 407 g/mol. The summed E-state index contributed by atoms with van der Waals surface area (Å²) in [6, 6.07) is 9.88.